The summed E-state index contributed by atoms with van der Waals surface area (Å²) in [4.78, 5) is 4.15. The first-order valence-corrected chi connectivity index (χ1v) is 10.4. The normalized spacial score (nSPS) is 12.5. The van der Waals surface area contributed by atoms with Crippen molar-refractivity contribution in [2.24, 2.45) is 4.99 Å². The molecular weight excluding hydrogens is 336 g/mol. The molecular formula is C18H32N4O2S. The molecule has 0 saturated heterocycles. The summed E-state index contributed by atoms with van der Waals surface area (Å²) < 4.78 is 25.8. The predicted molar refractivity (Wildman–Crippen MR) is 106 cm³/mol. The molecule has 0 bridgehead atoms. The van der Waals surface area contributed by atoms with Gasteiger partial charge >= 0.3 is 0 Å². The second-order valence-corrected chi connectivity index (χ2v) is 8.16. The molecule has 0 aliphatic rings. The Balaban J connectivity index is 2.42. The highest BCUT2D eigenvalue weighted by molar-refractivity contribution is 7.89. The molecule has 1 aromatic rings. The first kappa shape index (κ1) is 21.4. The van der Waals surface area contributed by atoms with Crippen molar-refractivity contribution in [1.82, 2.24) is 14.9 Å². The summed E-state index contributed by atoms with van der Waals surface area (Å²) in [5.41, 5.74) is 3.81. The highest BCUT2D eigenvalue weighted by Gasteiger charge is 2.18. The molecule has 0 radical (unpaired) electrons. The van der Waals surface area contributed by atoms with Crippen molar-refractivity contribution in [1.29, 1.82) is 0 Å². The molecule has 2 N–H and O–H groups in total. The van der Waals surface area contributed by atoms with Crippen LogP contribution in [0.1, 0.15) is 30.5 Å². The van der Waals surface area contributed by atoms with Gasteiger partial charge in [-0.2, -0.15) is 0 Å². The number of nitrogens with zero attached hydrogens (tertiary/aromatic N) is 2. The van der Waals surface area contributed by atoms with Crippen LogP contribution in [0.15, 0.2) is 23.2 Å². The van der Waals surface area contributed by atoms with Gasteiger partial charge in [0.15, 0.2) is 5.96 Å². The largest absolute Gasteiger partial charge is 0.356 e. The van der Waals surface area contributed by atoms with Crippen LogP contribution >= 0.6 is 0 Å². The van der Waals surface area contributed by atoms with Crippen molar-refractivity contribution in [2.45, 2.75) is 34.1 Å². The van der Waals surface area contributed by atoms with Gasteiger partial charge in [0.05, 0.1) is 5.75 Å². The van der Waals surface area contributed by atoms with Gasteiger partial charge in [-0.15, -0.1) is 0 Å². The van der Waals surface area contributed by atoms with Gasteiger partial charge in [0.2, 0.25) is 10.0 Å². The Labute approximate surface area is 152 Å². The molecule has 0 fully saturated rings. The minimum Gasteiger partial charge on any atom is -0.356 e. The van der Waals surface area contributed by atoms with Crippen LogP contribution in [-0.4, -0.2) is 57.7 Å². The zero-order valence-electron chi connectivity index (χ0n) is 16.1. The summed E-state index contributed by atoms with van der Waals surface area (Å²) in [7, 11) is -1.53. The average molecular weight is 369 g/mol. The molecule has 25 heavy (non-hydrogen) atoms. The van der Waals surface area contributed by atoms with Crippen molar-refractivity contribution >= 4 is 16.0 Å². The smallest absolute Gasteiger partial charge is 0.215 e. The fourth-order valence-corrected chi connectivity index (χ4v) is 4.21. The van der Waals surface area contributed by atoms with E-state index in [0.29, 0.717) is 25.6 Å². The van der Waals surface area contributed by atoms with E-state index in [2.05, 4.69) is 47.7 Å². The van der Waals surface area contributed by atoms with Gasteiger partial charge in [-0.1, -0.05) is 43.2 Å². The van der Waals surface area contributed by atoms with Crippen LogP contribution in [0.4, 0.5) is 0 Å². The first-order chi connectivity index (χ1) is 11.8. The number of guanidine groups is 1. The summed E-state index contributed by atoms with van der Waals surface area (Å²) in [6.07, 6.45) is 0.890. The third kappa shape index (κ3) is 7.44. The van der Waals surface area contributed by atoms with Crippen LogP contribution < -0.4 is 10.6 Å². The minimum absolute atomic E-state index is 0.0620. The zero-order chi connectivity index (χ0) is 18.9. The van der Waals surface area contributed by atoms with Gasteiger partial charge in [-0.05, 0) is 25.8 Å². The fraction of sp³-hybridized carbons (Fsp3) is 0.611. The van der Waals surface area contributed by atoms with Gasteiger partial charge in [0.25, 0.3) is 0 Å². The van der Waals surface area contributed by atoms with E-state index >= 15 is 0 Å². The van der Waals surface area contributed by atoms with E-state index in [1.165, 1.54) is 21.0 Å². The number of aliphatic imine (C=N–C) groups is 1. The van der Waals surface area contributed by atoms with Crippen LogP contribution in [0.25, 0.3) is 0 Å². The Kier molecular flexibility index (Phi) is 8.92. The van der Waals surface area contributed by atoms with Crippen LogP contribution in [0, 0.1) is 13.8 Å². The number of benzene rings is 1. The monoisotopic (exact) mass is 368 g/mol. The predicted octanol–water partition coefficient (Wildman–Crippen LogP) is 1.68. The summed E-state index contributed by atoms with van der Waals surface area (Å²) in [5, 5.41) is 6.30. The summed E-state index contributed by atoms with van der Waals surface area (Å²) >= 11 is 0. The molecule has 0 atom stereocenters. The van der Waals surface area contributed by atoms with Crippen LogP contribution in [0.3, 0.4) is 0 Å². The third-order valence-electron chi connectivity index (χ3n) is 3.96. The molecule has 0 saturated carbocycles. The van der Waals surface area contributed by atoms with E-state index < -0.39 is 10.0 Å². The third-order valence-corrected chi connectivity index (χ3v) is 5.99. The van der Waals surface area contributed by atoms with Crippen LogP contribution in [0.5, 0.6) is 0 Å². The summed E-state index contributed by atoms with van der Waals surface area (Å²) in [6.45, 7) is 9.97. The summed E-state index contributed by atoms with van der Waals surface area (Å²) in [5.74, 6) is 0.686. The number of hydrogen-bond acceptors (Lipinski definition) is 3. The van der Waals surface area contributed by atoms with E-state index in [-0.39, 0.29) is 5.75 Å². The number of aryl methyl sites for hydroxylation is 2. The molecule has 1 rings (SSSR count). The van der Waals surface area contributed by atoms with Crippen molar-refractivity contribution < 1.29 is 8.42 Å². The SMILES string of the molecule is CCN(CC)S(=O)(=O)CCNC(=NC)NCCc1cc(C)cc(C)c1. The zero-order valence-corrected chi connectivity index (χ0v) is 16.9. The maximum atomic E-state index is 12.2. The Bertz CT molecular complexity index is 647. The van der Waals surface area contributed by atoms with Gasteiger partial charge in [-0.25, -0.2) is 12.7 Å². The molecule has 0 aromatic heterocycles. The summed E-state index contributed by atoms with van der Waals surface area (Å²) in [6, 6.07) is 6.52. The molecule has 142 valence electrons. The van der Waals surface area contributed by atoms with E-state index in [1.54, 1.807) is 7.05 Å². The van der Waals surface area contributed by atoms with Gasteiger partial charge < -0.3 is 10.6 Å². The lowest BCUT2D eigenvalue weighted by molar-refractivity contribution is 0.445. The Morgan fingerprint density at radius 1 is 1.04 bits per heavy atom. The lowest BCUT2D eigenvalue weighted by atomic mass is 10.1. The molecule has 0 aliphatic heterocycles. The number of hydrogen-bond donors (Lipinski definition) is 2. The van der Waals surface area contributed by atoms with Crippen molar-refractivity contribution in [3.05, 3.63) is 34.9 Å². The standard InChI is InChI=1S/C18H32N4O2S/c1-6-22(7-2)25(23,24)11-10-21-18(19-5)20-9-8-17-13-15(3)12-16(4)14-17/h12-14H,6-11H2,1-5H3,(H2,19,20,21). The first-order valence-electron chi connectivity index (χ1n) is 8.81. The average Bonchev–Trinajstić information content (AvgIpc) is 2.53. The van der Waals surface area contributed by atoms with E-state index in [0.717, 1.165) is 13.0 Å². The van der Waals surface area contributed by atoms with Gasteiger partial charge in [0, 0.05) is 33.2 Å². The van der Waals surface area contributed by atoms with Gasteiger partial charge in [0.1, 0.15) is 0 Å². The molecule has 1 aromatic carbocycles. The van der Waals surface area contributed by atoms with Crippen LogP contribution in [-0.2, 0) is 16.4 Å². The van der Waals surface area contributed by atoms with Crippen LogP contribution in [0.2, 0.25) is 0 Å². The van der Waals surface area contributed by atoms with E-state index in [4.69, 9.17) is 0 Å². The highest BCUT2D eigenvalue weighted by atomic mass is 32.2. The molecule has 6 nitrogen and oxygen atoms in total. The topological polar surface area (TPSA) is 73.8 Å². The quantitative estimate of drug-likeness (QED) is 0.514. The lowest BCUT2D eigenvalue weighted by Gasteiger charge is -2.19. The Hall–Kier alpha value is -1.60. The molecule has 0 heterocycles. The van der Waals surface area contributed by atoms with E-state index in [9.17, 15) is 8.42 Å². The maximum Gasteiger partial charge on any atom is 0.215 e. The maximum absolute atomic E-state index is 12.2. The number of rotatable bonds is 9. The molecule has 0 aliphatic carbocycles. The van der Waals surface area contributed by atoms with Gasteiger partial charge in [-0.3, -0.25) is 4.99 Å². The Morgan fingerprint density at radius 3 is 2.12 bits per heavy atom. The number of sulfonamides is 1. The molecule has 0 amide bonds. The van der Waals surface area contributed by atoms with E-state index in [1.807, 2.05) is 13.8 Å². The van der Waals surface area contributed by atoms with Crippen molar-refractivity contribution in [2.75, 3.05) is 39.0 Å². The molecule has 0 unspecified atom stereocenters. The fourth-order valence-electron chi connectivity index (χ4n) is 2.80. The second-order valence-electron chi connectivity index (χ2n) is 6.07. The minimum atomic E-state index is -3.21. The molecule has 7 heteroatoms. The molecule has 0 spiro atoms. The van der Waals surface area contributed by atoms with Crippen molar-refractivity contribution in [3.63, 3.8) is 0 Å². The number of nitrogens with one attached hydrogen (secondary N) is 2. The highest BCUT2D eigenvalue weighted by Crippen LogP contribution is 2.08. The lowest BCUT2D eigenvalue weighted by Crippen LogP contribution is -2.42. The second kappa shape index (κ2) is 10.4. The van der Waals surface area contributed by atoms with Crippen molar-refractivity contribution in [3.8, 4) is 0 Å². The Morgan fingerprint density at radius 2 is 1.60 bits per heavy atom.